The van der Waals surface area contributed by atoms with Crippen molar-refractivity contribution in [1.29, 1.82) is 0 Å². The van der Waals surface area contributed by atoms with E-state index in [2.05, 4.69) is 10.3 Å². The first-order chi connectivity index (χ1) is 17.9. The molecule has 1 atom stereocenters. The number of aromatic nitrogens is 2. The Morgan fingerprint density at radius 3 is 2.70 bits per heavy atom. The monoisotopic (exact) mass is 536 g/mol. The SMILES string of the molecule is COc1ncc(-c2cccc(Cl)c2Cl)c2ncc(C(=O)NCC3CCOc4ccccc43)c(N(C)C)c12. The molecule has 1 N–H and O–H groups in total. The number of nitrogens with zero attached hydrogens (tertiary/aromatic N) is 3. The molecule has 0 fully saturated rings. The lowest BCUT2D eigenvalue weighted by Gasteiger charge is -2.26. The highest BCUT2D eigenvalue weighted by Gasteiger charge is 2.26. The number of fused-ring (bicyclic) bond motifs is 2. The van der Waals surface area contributed by atoms with Crippen LogP contribution in [0.4, 0.5) is 5.69 Å². The summed E-state index contributed by atoms with van der Waals surface area (Å²) in [5, 5.41) is 4.56. The maximum absolute atomic E-state index is 13.5. The summed E-state index contributed by atoms with van der Waals surface area (Å²) in [6.45, 7) is 1.10. The van der Waals surface area contributed by atoms with E-state index in [0.29, 0.717) is 62.4 Å². The lowest BCUT2D eigenvalue weighted by molar-refractivity contribution is 0.0948. The third-order valence-electron chi connectivity index (χ3n) is 6.55. The topological polar surface area (TPSA) is 76.6 Å². The Kier molecular flexibility index (Phi) is 7.09. The second-order valence-electron chi connectivity index (χ2n) is 9.00. The van der Waals surface area contributed by atoms with Gasteiger partial charge in [-0.2, -0.15) is 0 Å². The molecule has 4 aromatic rings. The Balaban J connectivity index is 1.56. The van der Waals surface area contributed by atoms with Crippen LogP contribution in [0.15, 0.2) is 54.9 Å². The molecule has 1 aliphatic rings. The average molecular weight is 537 g/mol. The summed E-state index contributed by atoms with van der Waals surface area (Å²) in [6.07, 6.45) is 4.08. The van der Waals surface area contributed by atoms with E-state index in [1.54, 1.807) is 25.6 Å². The first-order valence-corrected chi connectivity index (χ1v) is 12.6. The van der Waals surface area contributed by atoms with Gasteiger partial charge in [0, 0.05) is 50.1 Å². The normalized spacial score (nSPS) is 14.6. The zero-order valence-electron chi connectivity index (χ0n) is 20.7. The highest BCUT2D eigenvalue weighted by molar-refractivity contribution is 6.44. The maximum Gasteiger partial charge on any atom is 0.255 e. The summed E-state index contributed by atoms with van der Waals surface area (Å²) in [4.78, 5) is 24.6. The Morgan fingerprint density at radius 2 is 1.92 bits per heavy atom. The second-order valence-corrected chi connectivity index (χ2v) is 9.79. The molecule has 0 radical (unpaired) electrons. The maximum atomic E-state index is 13.5. The number of anilines is 1. The van der Waals surface area contributed by atoms with E-state index in [9.17, 15) is 4.79 Å². The van der Waals surface area contributed by atoms with E-state index in [1.165, 1.54) is 0 Å². The molecule has 190 valence electrons. The van der Waals surface area contributed by atoms with Gasteiger partial charge in [0.25, 0.3) is 5.91 Å². The van der Waals surface area contributed by atoms with Crippen molar-refractivity contribution < 1.29 is 14.3 Å². The number of nitrogens with one attached hydrogen (secondary N) is 1. The molecule has 0 saturated carbocycles. The summed E-state index contributed by atoms with van der Waals surface area (Å²) in [7, 11) is 5.29. The number of carbonyl (C=O) groups excluding carboxylic acids is 1. The molecule has 7 nitrogen and oxygen atoms in total. The number of amides is 1. The molecule has 2 aromatic heterocycles. The minimum Gasteiger partial charge on any atom is -0.493 e. The minimum absolute atomic E-state index is 0.165. The summed E-state index contributed by atoms with van der Waals surface area (Å²) < 4.78 is 11.4. The molecule has 2 aromatic carbocycles. The van der Waals surface area contributed by atoms with Crippen molar-refractivity contribution in [2.45, 2.75) is 12.3 Å². The zero-order valence-corrected chi connectivity index (χ0v) is 22.2. The zero-order chi connectivity index (χ0) is 26.1. The molecule has 0 bridgehead atoms. The Morgan fingerprint density at radius 1 is 1.11 bits per heavy atom. The number of pyridine rings is 2. The highest BCUT2D eigenvalue weighted by atomic mass is 35.5. The number of benzene rings is 2. The Hall–Kier alpha value is -3.55. The predicted molar refractivity (Wildman–Crippen MR) is 148 cm³/mol. The van der Waals surface area contributed by atoms with Gasteiger partial charge in [0.1, 0.15) is 5.75 Å². The first-order valence-electron chi connectivity index (χ1n) is 11.9. The lowest BCUT2D eigenvalue weighted by atomic mass is 9.93. The molecule has 0 spiro atoms. The van der Waals surface area contributed by atoms with Gasteiger partial charge in [-0.3, -0.25) is 9.78 Å². The summed E-state index contributed by atoms with van der Waals surface area (Å²) in [6, 6.07) is 13.4. The quantitative estimate of drug-likeness (QED) is 0.327. The van der Waals surface area contributed by atoms with Crippen molar-refractivity contribution in [3.8, 4) is 22.8 Å². The molecule has 0 aliphatic carbocycles. The molecule has 1 unspecified atom stereocenters. The molecular weight excluding hydrogens is 511 g/mol. The van der Waals surface area contributed by atoms with Gasteiger partial charge in [0.05, 0.1) is 45.9 Å². The number of rotatable bonds is 6. The number of halogens is 2. The van der Waals surface area contributed by atoms with E-state index in [0.717, 1.165) is 17.7 Å². The lowest BCUT2D eigenvalue weighted by Crippen LogP contribution is -2.32. The number of hydrogen-bond donors (Lipinski definition) is 1. The molecule has 1 aliphatic heterocycles. The second kappa shape index (κ2) is 10.4. The van der Waals surface area contributed by atoms with Crippen molar-refractivity contribution in [3.05, 3.63) is 76.0 Å². The Labute approximate surface area is 225 Å². The van der Waals surface area contributed by atoms with Crippen molar-refractivity contribution in [3.63, 3.8) is 0 Å². The summed E-state index contributed by atoms with van der Waals surface area (Å²) in [5.41, 5.74) is 4.17. The van der Waals surface area contributed by atoms with Gasteiger partial charge in [-0.15, -0.1) is 0 Å². The number of methoxy groups -OCH3 is 1. The molecule has 5 rings (SSSR count). The van der Waals surface area contributed by atoms with E-state index in [-0.39, 0.29) is 11.8 Å². The summed E-state index contributed by atoms with van der Waals surface area (Å²) >= 11 is 12.8. The predicted octanol–water partition coefficient (Wildman–Crippen LogP) is 5.97. The number of hydrogen-bond acceptors (Lipinski definition) is 6. The largest absolute Gasteiger partial charge is 0.493 e. The molecule has 37 heavy (non-hydrogen) atoms. The van der Waals surface area contributed by atoms with E-state index >= 15 is 0 Å². The smallest absolute Gasteiger partial charge is 0.255 e. The first kappa shape index (κ1) is 25.1. The van der Waals surface area contributed by atoms with E-state index in [1.807, 2.05) is 55.4 Å². The van der Waals surface area contributed by atoms with Crippen LogP contribution in [0.1, 0.15) is 28.3 Å². The van der Waals surface area contributed by atoms with Crippen molar-refractivity contribution in [2.24, 2.45) is 0 Å². The van der Waals surface area contributed by atoms with Crippen molar-refractivity contribution in [2.75, 3.05) is 39.3 Å². The van der Waals surface area contributed by atoms with E-state index < -0.39 is 0 Å². The van der Waals surface area contributed by atoms with Crippen LogP contribution in [0.3, 0.4) is 0 Å². The third-order valence-corrected chi connectivity index (χ3v) is 7.37. The standard InChI is InChI=1S/C28H26Cl2N4O3/c1-34(2)26-20(27(35)32-13-16-11-12-37-22-10-5-4-7-17(16)22)15-31-25-19(14-33-28(36-3)23(25)26)18-8-6-9-21(29)24(18)30/h4-10,14-16H,11-13H2,1-3H3,(H,32,35). The summed E-state index contributed by atoms with van der Waals surface area (Å²) in [5.74, 6) is 1.17. The fraction of sp³-hybridized carbons (Fsp3) is 0.250. The average Bonchev–Trinajstić information content (AvgIpc) is 2.92. The van der Waals surface area contributed by atoms with Gasteiger partial charge >= 0.3 is 0 Å². The number of ether oxygens (including phenoxy) is 2. The highest BCUT2D eigenvalue weighted by Crippen LogP contribution is 2.42. The fourth-order valence-electron chi connectivity index (χ4n) is 4.79. The van der Waals surface area contributed by atoms with Crippen molar-refractivity contribution >= 4 is 45.7 Å². The van der Waals surface area contributed by atoms with Crippen LogP contribution in [0.5, 0.6) is 11.6 Å². The van der Waals surface area contributed by atoms with Gasteiger partial charge in [-0.25, -0.2) is 4.98 Å². The number of para-hydroxylation sites is 1. The van der Waals surface area contributed by atoms with Gasteiger partial charge in [-0.1, -0.05) is 53.5 Å². The van der Waals surface area contributed by atoms with Crippen molar-refractivity contribution in [1.82, 2.24) is 15.3 Å². The van der Waals surface area contributed by atoms with Crippen LogP contribution >= 0.6 is 23.2 Å². The third kappa shape index (κ3) is 4.65. The van der Waals surface area contributed by atoms with Gasteiger partial charge in [-0.05, 0) is 24.1 Å². The van der Waals surface area contributed by atoms with Crippen LogP contribution in [0.2, 0.25) is 10.0 Å². The van der Waals surface area contributed by atoms with Crippen LogP contribution in [-0.2, 0) is 0 Å². The van der Waals surface area contributed by atoms with Gasteiger partial charge in [0.15, 0.2) is 0 Å². The molecule has 1 amide bonds. The van der Waals surface area contributed by atoms with E-state index in [4.69, 9.17) is 37.7 Å². The molecule has 0 saturated heterocycles. The molecule has 3 heterocycles. The number of carbonyl (C=O) groups is 1. The fourth-order valence-corrected chi connectivity index (χ4v) is 5.19. The molecule has 9 heteroatoms. The van der Waals surface area contributed by atoms with Gasteiger partial charge < -0.3 is 19.7 Å². The Bertz CT molecular complexity index is 1490. The van der Waals surface area contributed by atoms with Gasteiger partial charge in [0.2, 0.25) is 5.88 Å². The van der Waals surface area contributed by atoms with Crippen LogP contribution in [0, 0.1) is 0 Å². The minimum atomic E-state index is -0.227. The van der Waals surface area contributed by atoms with Crippen LogP contribution < -0.4 is 19.7 Å². The van der Waals surface area contributed by atoms with Crippen LogP contribution in [0.25, 0.3) is 22.0 Å². The molecular formula is C28H26Cl2N4O3. The van der Waals surface area contributed by atoms with Crippen LogP contribution in [-0.4, -0.2) is 50.2 Å².